The zero-order valence-corrected chi connectivity index (χ0v) is 20.5. The topological polar surface area (TPSA) is 98.1 Å². The van der Waals surface area contributed by atoms with Gasteiger partial charge in [0.1, 0.15) is 11.2 Å². The maximum atomic E-state index is 13.5. The van der Waals surface area contributed by atoms with Crippen LogP contribution in [0.2, 0.25) is 0 Å². The molecule has 1 N–H and O–H groups in total. The van der Waals surface area contributed by atoms with Crippen LogP contribution in [0, 0.1) is 11.3 Å². The van der Waals surface area contributed by atoms with E-state index in [1.165, 1.54) is 0 Å². The van der Waals surface area contributed by atoms with Crippen molar-refractivity contribution in [3.8, 4) is 0 Å². The van der Waals surface area contributed by atoms with Gasteiger partial charge in [-0.2, -0.15) is 0 Å². The number of hydrogen-bond acceptors (Lipinski definition) is 6. The lowest BCUT2D eigenvalue weighted by Crippen LogP contribution is -2.54. The van der Waals surface area contributed by atoms with E-state index in [1.807, 2.05) is 12.1 Å². The van der Waals surface area contributed by atoms with Gasteiger partial charge in [0, 0.05) is 37.8 Å². The highest BCUT2D eigenvalue weighted by atomic mass is 16.5. The molecule has 0 aromatic carbocycles. The quantitative estimate of drug-likeness (QED) is 0.343. The molecule has 0 saturated carbocycles. The second-order valence-corrected chi connectivity index (χ2v) is 9.06. The number of piperidine rings is 1. The predicted octanol–water partition coefficient (Wildman–Crippen LogP) is 3.96. The Labute approximate surface area is 202 Å². The number of allylic oxidation sites excluding steroid dienone is 1. The van der Waals surface area contributed by atoms with Gasteiger partial charge in [-0.15, -0.1) is 0 Å². The molecule has 0 bridgehead atoms. The highest BCUT2D eigenvalue weighted by Gasteiger charge is 2.54. The van der Waals surface area contributed by atoms with Crippen LogP contribution >= 0.6 is 0 Å². The lowest BCUT2D eigenvalue weighted by atomic mass is 9.66. The van der Waals surface area contributed by atoms with Crippen molar-refractivity contribution in [2.24, 2.45) is 11.3 Å². The monoisotopic (exact) mass is 474 g/mol. The Bertz CT molecular complexity index is 849. The molecule has 1 aliphatic heterocycles. The SMILES string of the molecule is CCCCOCCCNC(=O)C[C@@H]1C[C@@]2(C(=O)OCC)CCCC=C2N(Cc2ccco2)C1=O. The van der Waals surface area contributed by atoms with Crippen molar-refractivity contribution < 1.29 is 28.3 Å². The van der Waals surface area contributed by atoms with Crippen LogP contribution in [0.15, 0.2) is 34.6 Å². The van der Waals surface area contributed by atoms with Gasteiger partial charge in [0.2, 0.25) is 11.8 Å². The first-order valence-electron chi connectivity index (χ1n) is 12.6. The fourth-order valence-electron chi connectivity index (χ4n) is 4.87. The third kappa shape index (κ3) is 6.29. The summed E-state index contributed by atoms with van der Waals surface area (Å²) in [5.41, 5.74) is -0.216. The van der Waals surface area contributed by atoms with Crippen LogP contribution in [-0.2, 0) is 30.4 Å². The van der Waals surface area contributed by atoms with Crippen molar-refractivity contribution in [1.29, 1.82) is 0 Å². The third-order valence-electron chi connectivity index (χ3n) is 6.56. The number of unbranched alkanes of at least 4 members (excludes halogenated alkanes) is 1. The van der Waals surface area contributed by atoms with Crippen molar-refractivity contribution in [2.45, 2.75) is 71.8 Å². The zero-order chi connectivity index (χ0) is 24.4. The number of amides is 2. The number of esters is 1. The third-order valence-corrected chi connectivity index (χ3v) is 6.56. The van der Waals surface area contributed by atoms with Crippen molar-refractivity contribution in [2.75, 3.05) is 26.4 Å². The molecule has 2 amide bonds. The van der Waals surface area contributed by atoms with Gasteiger partial charge in [0.15, 0.2) is 0 Å². The van der Waals surface area contributed by atoms with Gasteiger partial charge in [0.25, 0.3) is 0 Å². The van der Waals surface area contributed by atoms with E-state index < -0.39 is 11.3 Å². The van der Waals surface area contributed by atoms with Crippen LogP contribution in [-0.4, -0.2) is 49.0 Å². The highest BCUT2D eigenvalue weighted by molar-refractivity contribution is 5.92. The number of likely N-dealkylation sites (tertiary alicyclic amines) is 1. The summed E-state index contributed by atoms with van der Waals surface area (Å²) < 4.78 is 16.5. The number of hydrogen-bond donors (Lipinski definition) is 1. The van der Waals surface area contributed by atoms with E-state index in [-0.39, 0.29) is 37.4 Å². The van der Waals surface area contributed by atoms with E-state index in [4.69, 9.17) is 13.9 Å². The Morgan fingerprint density at radius 3 is 2.82 bits per heavy atom. The maximum absolute atomic E-state index is 13.5. The molecule has 0 spiro atoms. The molecular formula is C26H38N2O6. The molecule has 34 heavy (non-hydrogen) atoms. The second kappa shape index (κ2) is 12.7. The average molecular weight is 475 g/mol. The van der Waals surface area contributed by atoms with Crippen LogP contribution in [0.1, 0.15) is 71.0 Å². The second-order valence-electron chi connectivity index (χ2n) is 9.06. The Hall–Kier alpha value is -2.61. The normalized spacial score (nSPS) is 22.2. The fourth-order valence-corrected chi connectivity index (χ4v) is 4.87. The minimum atomic E-state index is -0.910. The number of fused-ring (bicyclic) bond motifs is 1. The first kappa shape index (κ1) is 26.0. The minimum absolute atomic E-state index is 0.0403. The lowest BCUT2D eigenvalue weighted by molar-refractivity contribution is -0.162. The van der Waals surface area contributed by atoms with Crippen LogP contribution < -0.4 is 5.32 Å². The molecule has 1 fully saturated rings. The predicted molar refractivity (Wildman–Crippen MR) is 126 cm³/mol. The minimum Gasteiger partial charge on any atom is -0.467 e. The van der Waals surface area contributed by atoms with Gasteiger partial charge in [-0.25, -0.2) is 0 Å². The summed E-state index contributed by atoms with van der Waals surface area (Å²) in [4.78, 5) is 41.1. The Balaban J connectivity index is 1.71. The number of nitrogens with one attached hydrogen (secondary N) is 1. The van der Waals surface area contributed by atoms with Gasteiger partial charge in [-0.3, -0.25) is 14.4 Å². The van der Waals surface area contributed by atoms with E-state index in [0.717, 1.165) is 38.7 Å². The number of carbonyl (C=O) groups is 3. The van der Waals surface area contributed by atoms with Crippen molar-refractivity contribution >= 4 is 17.8 Å². The van der Waals surface area contributed by atoms with Crippen molar-refractivity contribution in [1.82, 2.24) is 10.2 Å². The number of ether oxygens (including phenoxy) is 2. The standard InChI is InChI=1S/C26H38N2O6/c1-3-5-14-32-15-9-13-27-23(29)17-20-18-26(25(31)33-4-2)12-7-6-11-22(26)28(24(20)30)19-21-10-8-16-34-21/h8,10-11,16,20H,3-7,9,12-15,17-19H2,1-2H3,(H,27,29)/t20-,26+/m1/s1. The van der Waals surface area contributed by atoms with Gasteiger partial charge >= 0.3 is 5.97 Å². The van der Waals surface area contributed by atoms with Crippen LogP contribution in [0.25, 0.3) is 0 Å². The number of nitrogens with zero attached hydrogens (tertiary/aromatic N) is 1. The molecule has 0 unspecified atom stereocenters. The molecule has 1 aromatic rings. The average Bonchev–Trinajstić information content (AvgIpc) is 3.34. The van der Waals surface area contributed by atoms with Crippen LogP contribution in [0.4, 0.5) is 0 Å². The summed E-state index contributed by atoms with van der Waals surface area (Å²) in [6.45, 7) is 6.22. The summed E-state index contributed by atoms with van der Waals surface area (Å²) in [5, 5.41) is 2.90. The summed E-state index contributed by atoms with van der Waals surface area (Å²) >= 11 is 0. The zero-order valence-electron chi connectivity index (χ0n) is 20.5. The van der Waals surface area contributed by atoms with E-state index in [0.29, 0.717) is 37.5 Å². The molecule has 188 valence electrons. The Kier molecular flexibility index (Phi) is 9.74. The molecule has 2 heterocycles. The summed E-state index contributed by atoms with van der Waals surface area (Å²) in [6, 6.07) is 3.58. The molecule has 1 aromatic heterocycles. The van der Waals surface area contributed by atoms with Crippen LogP contribution in [0.3, 0.4) is 0 Å². The molecule has 8 nitrogen and oxygen atoms in total. The molecule has 0 radical (unpaired) electrons. The van der Waals surface area contributed by atoms with Gasteiger partial charge in [0.05, 0.1) is 19.4 Å². The van der Waals surface area contributed by atoms with Crippen LogP contribution in [0.5, 0.6) is 0 Å². The molecule has 3 rings (SSSR count). The van der Waals surface area contributed by atoms with Crippen molar-refractivity contribution in [3.63, 3.8) is 0 Å². The molecular weight excluding hydrogens is 436 g/mol. The smallest absolute Gasteiger partial charge is 0.318 e. The molecule has 8 heteroatoms. The first-order chi connectivity index (χ1) is 16.5. The Morgan fingerprint density at radius 1 is 1.26 bits per heavy atom. The van der Waals surface area contributed by atoms with Gasteiger partial charge in [-0.05, 0) is 57.6 Å². The van der Waals surface area contributed by atoms with Gasteiger partial charge < -0.3 is 24.1 Å². The summed E-state index contributed by atoms with van der Waals surface area (Å²) in [5.74, 6) is -0.622. The molecule has 1 aliphatic carbocycles. The number of furan rings is 1. The molecule has 2 atom stereocenters. The van der Waals surface area contributed by atoms with Gasteiger partial charge in [-0.1, -0.05) is 19.4 Å². The van der Waals surface area contributed by atoms with E-state index in [1.54, 1.807) is 24.2 Å². The number of carbonyl (C=O) groups excluding carboxylic acids is 3. The maximum Gasteiger partial charge on any atom is 0.318 e. The number of rotatable bonds is 13. The highest BCUT2D eigenvalue weighted by Crippen LogP contribution is 2.50. The molecule has 2 aliphatic rings. The summed E-state index contributed by atoms with van der Waals surface area (Å²) in [7, 11) is 0. The first-order valence-corrected chi connectivity index (χ1v) is 12.6. The van der Waals surface area contributed by atoms with E-state index in [2.05, 4.69) is 12.2 Å². The summed E-state index contributed by atoms with van der Waals surface area (Å²) in [6.07, 6.45) is 8.95. The molecule has 1 saturated heterocycles. The fraction of sp³-hybridized carbons (Fsp3) is 0.654. The van der Waals surface area contributed by atoms with E-state index >= 15 is 0 Å². The lowest BCUT2D eigenvalue weighted by Gasteiger charge is -2.47. The van der Waals surface area contributed by atoms with E-state index in [9.17, 15) is 14.4 Å². The Morgan fingerprint density at radius 2 is 2.09 bits per heavy atom. The van der Waals surface area contributed by atoms with Crippen molar-refractivity contribution in [3.05, 3.63) is 35.9 Å². The largest absolute Gasteiger partial charge is 0.467 e.